The van der Waals surface area contributed by atoms with E-state index >= 15 is 0 Å². The van der Waals surface area contributed by atoms with Crippen LogP contribution in [0.2, 0.25) is 0 Å². The number of hydrogen-bond acceptors (Lipinski definition) is 4. The number of aldehydes is 1. The molecule has 1 aromatic carbocycles. The third-order valence-electron chi connectivity index (χ3n) is 3.73. The third kappa shape index (κ3) is 3.75. The van der Waals surface area contributed by atoms with Gasteiger partial charge in [-0.25, -0.2) is 0 Å². The van der Waals surface area contributed by atoms with Crippen LogP contribution in [0.1, 0.15) is 45.2 Å². The van der Waals surface area contributed by atoms with Crippen molar-refractivity contribution in [2.75, 3.05) is 11.4 Å². The molecule has 0 aromatic heterocycles. The first-order valence-corrected chi connectivity index (χ1v) is 7.93. The smallest absolute Gasteiger partial charge is 0.177 e. The Hall–Kier alpha value is -2.10. The molecule has 1 aliphatic heterocycles. The van der Waals surface area contributed by atoms with Crippen LogP contribution in [0.3, 0.4) is 0 Å². The van der Waals surface area contributed by atoms with Gasteiger partial charge in [0.15, 0.2) is 12.1 Å². The number of nitrogens with two attached hydrogens (primary N) is 1. The average molecular weight is 302 g/mol. The molecule has 0 saturated heterocycles. The summed E-state index contributed by atoms with van der Waals surface area (Å²) in [5.41, 5.74) is 9.52. The van der Waals surface area contributed by atoms with Gasteiger partial charge in [0, 0.05) is 19.2 Å². The Morgan fingerprint density at radius 3 is 2.59 bits per heavy atom. The standard InChI is InChI=1S/C16H20N2O2.C2H6/c1-3-12-6-7-13-5-4-8-18(14(13)9-12)15(10-19)16(17)11(2)20;1-2/h6-7,9-10H,3-5,8,17H2,1-2H3;1-2H3/b16-15-;. The maximum absolute atomic E-state index is 11.5. The Morgan fingerprint density at radius 2 is 2.05 bits per heavy atom. The second kappa shape index (κ2) is 8.37. The van der Waals surface area contributed by atoms with Gasteiger partial charge in [-0.2, -0.15) is 0 Å². The minimum absolute atomic E-state index is 0.0368. The van der Waals surface area contributed by atoms with Crippen LogP contribution >= 0.6 is 0 Å². The molecule has 1 heterocycles. The van der Waals surface area contributed by atoms with E-state index in [1.54, 1.807) is 0 Å². The van der Waals surface area contributed by atoms with Crippen molar-refractivity contribution in [2.45, 2.75) is 47.0 Å². The first-order chi connectivity index (χ1) is 10.6. The van der Waals surface area contributed by atoms with E-state index in [-0.39, 0.29) is 17.2 Å². The Balaban J connectivity index is 0.00000116. The zero-order chi connectivity index (χ0) is 16.7. The van der Waals surface area contributed by atoms with Crippen LogP contribution in [0.5, 0.6) is 0 Å². The highest BCUT2D eigenvalue weighted by molar-refractivity contribution is 5.99. The van der Waals surface area contributed by atoms with Crippen LogP contribution in [0.4, 0.5) is 5.69 Å². The highest BCUT2D eigenvalue weighted by Gasteiger charge is 2.23. The van der Waals surface area contributed by atoms with E-state index in [0.29, 0.717) is 12.8 Å². The van der Waals surface area contributed by atoms with Gasteiger partial charge in [-0.3, -0.25) is 9.59 Å². The van der Waals surface area contributed by atoms with Gasteiger partial charge in [0.25, 0.3) is 0 Å². The number of hydrogen-bond donors (Lipinski definition) is 1. The summed E-state index contributed by atoms with van der Waals surface area (Å²) in [4.78, 5) is 24.7. The molecular formula is C18H26N2O2. The fraction of sp³-hybridized carbons (Fsp3) is 0.444. The van der Waals surface area contributed by atoms with Crippen molar-refractivity contribution in [3.8, 4) is 0 Å². The lowest BCUT2D eigenvalue weighted by atomic mass is 9.98. The SMILES string of the molecule is CC.CCc1ccc2c(c1)N(/C(C=O)=C(\N)C(C)=O)CCC2. The zero-order valence-electron chi connectivity index (χ0n) is 14.0. The van der Waals surface area contributed by atoms with E-state index in [2.05, 4.69) is 25.1 Å². The summed E-state index contributed by atoms with van der Waals surface area (Å²) in [5.74, 6) is -0.272. The summed E-state index contributed by atoms with van der Waals surface area (Å²) in [5, 5.41) is 0. The monoisotopic (exact) mass is 302 g/mol. The number of anilines is 1. The molecule has 0 unspecified atom stereocenters. The third-order valence-corrected chi connectivity index (χ3v) is 3.73. The van der Waals surface area contributed by atoms with Crippen molar-refractivity contribution in [2.24, 2.45) is 5.73 Å². The molecule has 0 spiro atoms. The van der Waals surface area contributed by atoms with E-state index in [1.807, 2.05) is 18.7 Å². The van der Waals surface area contributed by atoms with Gasteiger partial charge in [-0.15, -0.1) is 0 Å². The summed E-state index contributed by atoms with van der Waals surface area (Å²) < 4.78 is 0. The van der Waals surface area contributed by atoms with Gasteiger partial charge in [0.2, 0.25) is 0 Å². The number of ketones is 1. The largest absolute Gasteiger partial charge is 0.394 e. The number of rotatable bonds is 4. The molecule has 0 atom stereocenters. The van der Waals surface area contributed by atoms with Crippen molar-refractivity contribution >= 4 is 17.8 Å². The Morgan fingerprint density at radius 1 is 1.36 bits per heavy atom. The predicted molar refractivity (Wildman–Crippen MR) is 90.8 cm³/mol. The Bertz CT molecular complexity index is 576. The van der Waals surface area contributed by atoms with Crippen LogP contribution in [-0.4, -0.2) is 18.6 Å². The van der Waals surface area contributed by atoms with Crippen molar-refractivity contribution in [3.05, 3.63) is 40.7 Å². The molecule has 0 aliphatic carbocycles. The first kappa shape index (κ1) is 18.0. The minimum atomic E-state index is -0.272. The molecule has 2 N–H and O–H groups in total. The molecule has 0 bridgehead atoms. The number of carbonyl (C=O) groups is 2. The van der Waals surface area contributed by atoms with Gasteiger partial charge in [-0.1, -0.05) is 32.9 Å². The maximum atomic E-state index is 11.5. The van der Waals surface area contributed by atoms with E-state index < -0.39 is 0 Å². The minimum Gasteiger partial charge on any atom is -0.394 e. The highest BCUT2D eigenvalue weighted by Crippen LogP contribution is 2.31. The lowest BCUT2D eigenvalue weighted by Gasteiger charge is -2.32. The van der Waals surface area contributed by atoms with Crippen LogP contribution in [0, 0.1) is 0 Å². The van der Waals surface area contributed by atoms with E-state index in [9.17, 15) is 9.59 Å². The van der Waals surface area contributed by atoms with Gasteiger partial charge < -0.3 is 10.6 Å². The van der Waals surface area contributed by atoms with Crippen LogP contribution in [0.25, 0.3) is 0 Å². The van der Waals surface area contributed by atoms with Crippen molar-refractivity contribution in [1.82, 2.24) is 0 Å². The molecule has 2 rings (SSSR count). The summed E-state index contributed by atoms with van der Waals surface area (Å²) in [6, 6.07) is 6.30. The number of allylic oxidation sites excluding steroid dienone is 2. The van der Waals surface area contributed by atoms with Crippen LogP contribution in [-0.2, 0) is 22.4 Å². The fourth-order valence-electron chi connectivity index (χ4n) is 2.54. The summed E-state index contributed by atoms with van der Waals surface area (Å²) >= 11 is 0. The van der Waals surface area contributed by atoms with Gasteiger partial charge >= 0.3 is 0 Å². The number of nitrogens with zero attached hydrogens (tertiary/aromatic N) is 1. The molecule has 4 heteroatoms. The zero-order valence-corrected chi connectivity index (χ0v) is 14.0. The molecule has 0 amide bonds. The number of fused-ring (bicyclic) bond motifs is 1. The molecule has 1 aliphatic rings. The van der Waals surface area contributed by atoms with Gasteiger partial charge in [0.1, 0.15) is 11.4 Å². The lowest BCUT2D eigenvalue weighted by Crippen LogP contribution is -2.33. The van der Waals surface area contributed by atoms with Crippen molar-refractivity contribution in [3.63, 3.8) is 0 Å². The van der Waals surface area contributed by atoms with E-state index in [1.165, 1.54) is 18.1 Å². The molecule has 4 nitrogen and oxygen atoms in total. The lowest BCUT2D eigenvalue weighted by molar-refractivity contribution is -0.114. The molecular weight excluding hydrogens is 276 g/mol. The second-order valence-electron chi connectivity index (χ2n) is 5.04. The quantitative estimate of drug-likeness (QED) is 0.686. The van der Waals surface area contributed by atoms with E-state index in [4.69, 9.17) is 5.73 Å². The van der Waals surface area contributed by atoms with Gasteiger partial charge in [-0.05, 0) is 36.5 Å². The predicted octanol–water partition coefficient (Wildman–Crippen LogP) is 2.99. The van der Waals surface area contributed by atoms with Crippen LogP contribution < -0.4 is 10.6 Å². The highest BCUT2D eigenvalue weighted by atomic mass is 16.1. The van der Waals surface area contributed by atoms with Gasteiger partial charge in [0.05, 0.1) is 0 Å². The summed E-state index contributed by atoms with van der Waals surface area (Å²) in [6.07, 6.45) is 3.55. The first-order valence-electron chi connectivity index (χ1n) is 7.93. The Kier molecular flexibility index (Phi) is 6.83. The number of aryl methyl sites for hydroxylation is 2. The summed E-state index contributed by atoms with van der Waals surface area (Å²) in [7, 11) is 0. The van der Waals surface area contributed by atoms with Crippen molar-refractivity contribution < 1.29 is 9.59 Å². The van der Waals surface area contributed by atoms with Crippen molar-refractivity contribution in [1.29, 1.82) is 0 Å². The topological polar surface area (TPSA) is 63.4 Å². The molecule has 0 radical (unpaired) electrons. The fourth-order valence-corrected chi connectivity index (χ4v) is 2.54. The maximum Gasteiger partial charge on any atom is 0.177 e. The molecule has 22 heavy (non-hydrogen) atoms. The molecule has 120 valence electrons. The number of carbonyl (C=O) groups excluding carboxylic acids is 2. The molecule has 1 aromatic rings. The van der Waals surface area contributed by atoms with E-state index in [0.717, 1.165) is 24.9 Å². The molecule has 0 saturated carbocycles. The second-order valence-corrected chi connectivity index (χ2v) is 5.04. The normalized spacial score (nSPS) is 14.3. The van der Waals surface area contributed by atoms with Crippen LogP contribution in [0.15, 0.2) is 29.6 Å². The number of benzene rings is 1. The Labute approximate surface area is 133 Å². The average Bonchev–Trinajstić information content (AvgIpc) is 2.56. The number of Topliss-reactive ketones (excluding diaryl/α,β-unsaturated/α-hetero) is 1. The molecule has 0 fully saturated rings. The summed E-state index contributed by atoms with van der Waals surface area (Å²) in [6.45, 7) is 8.18.